The second-order valence-corrected chi connectivity index (χ2v) is 3.54. The number of nitro groups is 1. The Kier molecular flexibility index (Phi) is 3.13. The number of nitrogens with zero attached hydrogens (tertiary/aromatic N) is 1. The average Bonchev–Trinajstić information content (AvgIpc) is 2.77. The van der Waals surface area contributed by atoms with Gasteiger partial charge in [0, 0.05) is 0 Å². The van der Waals surface area contributed by atoms with Crippen molar-refractivity contribution in [3.63, 3.8) is 0 Å². The predicted molar refractivity (Wildman–Crippen MR) is 59.9 cm³/mol. The maximum atomic E-state index is 10.3. The second kappa shape index (κ2) is 4.73. The summed E-state index contributed by atoms with van der Waals surface area (Å²) in [7, 11) is 1.59. The van der Waals surface area contributed by atoms with E-state index in [0.717, 1.165) is 17.5 Å². The van der Waals surface area contributed by atoms with Gasteiger partial charge in [-0.1, -0.05) is 12.1 Å². The van der Waals surface area contributed by atoms with Crippen molar-refractivity contribution in [3.8, 4) is 5.75 Å². The molecule has 0 spiro atoms. The van der Waals surface area contributed by atoms with Crippen LogP contribution in [0.5, 0.6) is 5.75 Å². The van der Waals surface area contributed by atoms with Crippen LogP contribution >= 0.6 is 0 Å². The van der Waals surface area contributed by atoms with Crippen molar-refractivity contribution in [2.45, 2.75) is 6.10 Å². The van der Waals surface area contributed by atoms with Gasteiger partial charge < -0.3 is 14.8 Å². The van der Waals surface area contributed by atoms with Gasteiger partial charge in [-0.05, 0) is 17.7 Å². The Bertz CT molecular complexity index is 459. The standard InChI is InChI=1S/C11H12N2O4/c1-16-9-4-2-3-8(5-9)10-6-12-11(17-10)7-13(14)15/h2-5,7,10,12H,6H2,1H3. The largest absolute Gasteiger partial charge is 0.497 e. The molecule has 1 atom stereocenters. The van der Waals surface area contributed by atoms with Crippen LogP contribution in [0.4, 0.5) is 0 Å². The summed E-state index contributed by atoms with van der Waals surface area (Å²) in [4.78, 5) is 9.74. The van der Waals surface area contributed by atoms with E-state index in [9.17, 15) is 10.1 Å². The quantitative estimate of drug-likeness (QED) is 0.634. The lowest BCUT2D eigenvalue weighted by Gasteiger charge is -2.09. The summed E-state index contributed by atoms with van der Waals surface area (Å²) < 4.78 is 10.5. The number of ether oxygens (including phenoxy) is 2. The molecule has 0 radical (unpaired) electrons. The predicted octanol–water partition coefficient (Wildman–Crippen LogP) is 1.43. The molecule has 1 fully saturated rings. The molecular weight excluding hydrogens is 224 g/mol. The number of methoxy groups -OCH3 is 1. The zero-order chi connectivity index (χ0) is 12.3. The van der Waals surface area contributed by atoms with Crippen molar-refractivity contribution in [2.24, 2.45) is 0 Å². The fraction of sp³-hybridized carbons (Fsp3) is 0.273. The lowest BCUT2D eigenvalue weighted by Crippen LogP contribution is -2.08. The van der Waals surface area contributed by atoms with Crippen LogP contribution in [-0.2, 0) is 4.74 Å². The van der Waals surface area contributed by atoms with Gasteiger partial charge in [-0.3, -0.25) is 10.1 Å². The van der Waals surface area contributed by atoms with Crippen molar-refractivity contribution in [3.05, 3.63) is 52.0 Å². The Morgan fingerprint density at radius 2 is 2.47 bits per heavy atom. The van der Waals surface area contributed by atoms with Gasteiger partial charge in [-0.25, -0.2) is 0 Å². The third kappa shape index (κ3) is 2.66. The van der Waals surface area contributed by atoms with E-state index >= 15 is 0 Å². The minimum Gasteiger partial charge on any atom is -0.497 e. The van der Waals surface area contributed by atoms with Gasteiger partial charge in [0.1, 0.15) is 11.9 Å². The van der Waals surface area contributed by atoms with E-state index in [2.05, 4.69) is 5.32 Å². The molecule has 0 aliphatic carbocycles. The van der Waals surface area contributed by atoms with Crippen LogP contribution in [0.15, 0.2) is 36.3 Å². The molecule has 1 aromatic carbocycles. The van der Waals surface area contributed by atoms with Gasteiger partial charge in [-0.2, -0.15) is 0 Å². The molecule has 1 aliphatic heterocycles. The van der Waals surface area contributed by atoms with Crippen molar-refractivity contribution >= 4 is 0 Å². The topological polar surface area (TPSA) is 73.6 Å². The van der Waals surface area contributed by atoms with Crippen molar-refractivity contribution in [2.75, 3.05) is 13.7 Å². The molecule has 1 saturated heterocycles. The van der Waals surface area contributed by atoms with E-state index in [1.807, 2.05) is 24.3 Å². The first-order valence-electron chi connectivity index (χ1n) is 5.09. The highest BCUT2D eigenvalue weighted by molar-refractivity contribution is 5.30. The Hall–Kier alpha value is -2.24. The summed E-state index contributed by atoms with van der Waals surface area (Å²) in [6, 6.07) is 7.43. The van der Waals surface area contributed by atoms with Gasteiger partial charge in [0.15, 0.2) is 0 Å². The Morgan fingerprint density at radius 1 is 1.65 bits per heavy atom. The second-order valence-electron chi connectivity index (χ2n) is 3.54. The van der Waals surface area contributed by atoms with Crippen LogP contribution in [-0.4, -0.2) is 18.6 Å². The number of nitrogens with one attached hydrogen (secondary N) is 1. The Labute approximate surface area is 98.0 Å². The number of rotatable bonds is 3. The number of benzene rings is 1. The van der Waals surface area contributed by atoms with Crippen molar-refractivity contribution in [1.29, 1.82) is 0 Å². The fourth-order valence-corrected chi connectivity index (χ4v) is 1.63. The van der Waals surface area contributed by atoms with Gasteiger partial charge in [-0.15, -0.1) is 0 Å². The van der Waals surface area contributed by atoms with Gasteiger partial charge in [0.25, 0.3) is 12.1 Å². The monoisotopic (exact) mass is 236 g/mol. The third-order valence-electron chi connectivity index (χ3n) is 2.42. The van der Waals surface area contributed by atoms with E-state index < -0.39 is 4.92 Å². The lowest BCUT2D eigenvalue weighted by molar-refractivity contribution is -0.405. The van der Waals surface area contributed by atoms with Crippen LogP contribution < -0.4 is 10.1 Å². The Balaban J connectivity index is 2.12. The van der Waals surface area contributed by atoms with E-state index in [1.165, 1.54) is 0 Å². The zero-order valence-electron chi connectivity index (χ0n) is 9.25. The van der Waals surface area contributed by atoms with Crippen LogP contribution in [0, 0.1) is 10.1 Å². The molecule has 1 unspecified atom stereocenters. The maximum absolute atomic E-state index is 10.3. The van der Waals surface area contributed by atoms with Crippen LogP contribution in [0.2, 0.25) is 0 Å². The van der Waals surface area contributed by atoms with E-state index in [1.54, 1.807) is 7.11 Å². The van der Waals surface area contributed by atoms with Crippen LogP contribution in [0.3, 0.4) is 0 Å². The maximum Gasteiger partial charge on any atom is 0.293 e. The van der Waals surface area contributed by atoms with Gasteiger partial charge >= 0.3 is 0 Å². The normalized spacial score (nSPS) is 20.8. The van der Waals surface area contributed by atoms with Crippen molar-refractivity contribution < 1.29 is 14.4 Å². The molecule has 6 nitrogen and oxygen atoms in total. The summed E-state index contributed by atoms with van der Waals surface area (Å²) in [6.07, 6.45) is 0.594. The molecule has 6 heteroatoms. The fourth-order valence-electron chi connectivity index (χ4n) is 1.63. The third-order valence-corrected chi connectivity index (χ3v) is 2.42. The average molecular weight is 236 g/mol. The molecular formula is C11H12N2O4. The summed E-state index contributed by atoms with van der Waals surface area (Å²) >= 11 is 0. The molecule has 0 bridgehead atoms. The summed E-state index contributed by atoms with van der Waals surface area (Å²) in [5, 5.41) is 13.1. The van der Waals surface area contributed by atoms with E-state index in [4.69, 9.17) is 9.47 Å². The number of hydrogen-bond acceptors (Lipinski definition) is 5. The van der Waals surface area contributed by atoms with E-state index in [0.29, 0.717) is 6.54 Å². The highest BCUT2D eigenvalue weighted by Crippen LogP contribution is 2.26. The summed E-state index contributed by atoms with van der Waals surface area (Å²) in [5.41, 5.74) is 0.920. The number of hydrogen-bond donors (Lipinski definition) is 1. The highest BCUT2D eigenvalue weighted by Gasteiger charge is 2.24. The summed E-state index contributed by atoms with van der Waals surface area (Å²) in [5.74, 6) is 0.917. The smallest absolute Gasteiger partial charge is 0.293 e. The first-order valence-corrected chi connectivity index (χ1v) is 5.09. The molecule has 2 rings (SSSR count). The molecule has 17 heavy (non-hydrogen) atoms. The molecule has 1 heterocycles. The van der Waals surface area contributed by atoms with Crippen molar-refractivity contribution in [1.82, 2.24) is 5.32 Å². The molecule has 0 saturated carbocycles. The molecule has 0 amide bonds. The minimum atomic E-state index is -0.545. The Morgan fingerprint density at radius 3 is 3.18 bits per heavy atom. The molecule has 1 N–H and O–H groups in total. The SMILES string of the molecule is COc1cccc(C2CNC(=C[N+](=O)[O-])O2)c1. The zero-order valence-corrected chi connectivity index (χ0v) is 9.25. The molecule has 1 aromatic rings. The molecule has 90 valence electrons. The summed E-state index contributed by atoms with van der Waals surface area (Å²) in [6.45, 7) is 0.507. The molecule has 0 aromatic heterocycles. The lowest BCUT2D eigenvalue weighted by atomic mass is 10.1. The van der Waals surface area contributed by atoms with Gasteiger partial charge in [0.2, 0.25) is 0 Å². The highest BCUT2D eigenvalue weighted by atomic mass is 16.6. The minimum absolute atomic E-state index is 0.183. The van der Waals surface area contributed by atoms with Crippen LogP contribution in [0.1, 0.15) is 11.7 Å². The van der Waals surface area contributed by atoms with Crippen LogP contribution in [0.25, 0.3) is 0 Å². The first-order chi connectivity index (χ1) is 8.19. The first kappa shape index (κ1) is 11.3. The van der Waals surface area contributed by atoms with Gasteiger partial charge in [0.05, 0.1) is 18.6 Å². The molecule has 1 aliphatic rings. The van der Waals surface area contributed by atoms with E-state index in [-0.39, 0.29) is 12.0 Å².